The first-order chi connectivity index (χ1) is 19.3. The Labute approximate surface area is 255 Å². The molecule has 0 saturated heterocycles. The summed E-state index contributed by atoms with van der Waals surface area (Å²) >= 11 is 0. The van der Waals surface area contributed by atoms with E-state index in [4.69, 9.17) is 5.73 Å². The van der Waals surface area contributed by atoms with E-state index < -0.39 is 0 Å². The third kappa shape index (κ3) is 28.1. The Hall–Kier alpha value is -0.0800. The number of rotatable bonds is 33. The average molecular weight is 565 g/mol. The molecule has 0 rings (SSSR count). The molecule has 0 aromatic carbocycles. The fourth-order valence-corrected chi connectivity index (χ4v) is 5.83. The van der Waals surface area contributed by atoms with E-state index in [1.54, 1.807) is 0 Å². The van der Waals surface area contributed by atoms with Crippen molar-refractivity contribution in [3.05, 3.63) is 0 Å². The lowest BCUT2D eigenvalue weighted by atomic mass is 9.72. The molecule has 0 aliphatic rings. The monoisotopic (exact) mass is 565 g/mol. The van der Waals surface area contributed by atoms with E-state index in [2.05, 4.69) is 39.9 Å². The van der Waals surface area contributed by atoms with Crippen LogP contribution in [0.2, 0.25) is 0 Å². The normalized spacial score (nSPS) is 12.4. The van der Waals surface area contributed by atoms with Crippen molar-refractivity contribution in [2.45, 2.75) is 226 Å². The second-order valence-corrected chi connectivity index (χ2v) is 14.7. The van der Waals surface area contributed by atoms with Crippen molar-refractivity contribution in [3.63, 3.8) is 0 Å². The highest BCUT2D eigenvalue weighted by Gasteiger charge is 2.32. The standard InChI is InChI=1S/C38H80N2/c1-6-7-8-9-10-11-12-13-14-15-16-17-18-19-20-21-22-23-24-25-26-27-28-29-30-32-35-40-36-33-31-34-37(2,3)38(4,5)39/h40H,6-36,39H2,1-5H3. The number of nitrogens with two attached hydrogens (primary N) is 1. The maximum Gasteiger partial charge on any atom is 0.0148 e. The minimum atomic E-state index is -0.0917. The van der Waals surface area contributed by atoms with Crippen molar-refractivity contribution in [2.75, 3.05) is 13.1 Å². The zero-order chi connectivity index (χ0) is 29.6. The molecular formula is C38H80N2. The van der Waals surface area contributed by atoms with E-state index in [-0.39, 0.29) is 11.0 Å². The van der Waals surface area contributed by atoms with Crippen molar-refractivity contribution >= 4 is 0 Å². The lowest BCUT2D eigenvalue weighted by Gasteiger charge is -2.38. The Kier molecular flexibility index (Phi) is 29.0. The van der Waals surface area contributed by atoms with Crippen LogP contribution in [0.1, 0.15) is 221 Å². The molecule has 0 aromatic rings. The summed E-state index contributed by atoms with van der Waals surface area (Å²) in [6, 6.07) is 0. The molecule has 242 valence electrons. The van der Waals surface area contributed by atoms with Crippen molar-refractivity contribution in [2.24, 2.45) is 11.1 Å². The van der Waals surface area contributed by atoms with Crippen LogP contribution < -0.4 is 11.1 Å². The number of nitrogens with one attached hydrogen (secondary N) is 1. The van der Waals surface area contributed by atoms with Crippen LogP contribution in [0, 0.1) is 5.41 Å². The highest BCUT2D eigenvalue weighted by atomic mass is 14.8. The minimum absolute atomic E-state index is 0.0917. The zero-order valence-electron chi connectivity index (χ0n) is 29.0. The largest absolute Gasteiger partial charge is 0.325 e. The van der Waals surface area contributed by atoms with Crippen LogP contribution >= 0.6 is 0 Å². The van der Waals surface area contributed by atoms with E-state index in [1.807, 2.05) is 0 Å². The molecule has 2 heteroatoms. The summed E-state index contributed by atoms with van der Waals surface area (Å²) in [5.74, 6) is 0. The van der Waals surface area contributed by atoms with E-state index in [0.717, 1.165) is 0 Å². The molecular weight excluding hydrogens is 484 g/mol. The van der Waals surface area contributed by atoms with E-state index in [1.165, 1.54) is 199 Å². The van der Waals surface area contributed by atoms with Gasteiger partial charge in [-0.3, -0.25) is 0 Å². The van der Waals surface area contributed by atoms with Crippen molar-refractivity contribution in [1.82, 2.24) is 5.32 Å². The molecule has 0 saturated carbocycles. The number of hydrogen-bond acceptors (Lipinski definition) is 2. The van der Waals surface area contributed by atoms with Gasteiger partial charge in [0.2, 0.25) is 0 Å². The molecule has 2 nitrogen and oxygen atoms in total. The van der Waals surface area contributed by atoms with Crippen LogP contribution in [0.15, 0.2) is 0 Å². The first kappa shape index (κ1) is 39.9. The predicted molar refractivity (Wildman–Crippen MR) is 184 cm³/mol. The Morgan fingerprint density at radius 1 is 0.375 bits per heavy atom. The Morgan fingerprint density at radius 3 is 0.900 bits per heavy atom. The Balaban J connectivity index is 3.12. The predicted octanol–water partition coefficient (Wildman–Crippen LogP) is 12.7. The first-order valence-corrected chi connectivity index (χ1v) is 18.8. The van der Waals surface area contributed by atoms with Gasteiger partial charge in [-0.15, -0.1) is 0 Å². The Bertz CT molecular complexity index is 478. The van der Waals surface area contributed by atoms with Gasteiger partial charge in [-0.05, 0) is 51.6 Å². The summed E-state index contributed by atoms with van der Waals surface area (Å²) < 4.78 is 0. The van der Waals surface area contributed by atoms with Gasteiger partial charge in [0, 0.05) is 5.54 Å². The van der Waals surface area contributed by atoms with Gasteiger partial charge < -0.3 is 11.1 Å². The summed E-state index contributed by atoms with van der Waals surface area (Å²) in [7, 11) is 0. The van der Waals surface area contributed by atoms with Crippen LogP contribution in [-0.4, -0.2) is 18.6 Å². The summed E-state index contributed by atoms with van der Waals surface area (Å²) in [4.78, 5) is 0. The van der Waals surface area contributed by atoms with Gasteiger partial charge in [0.1, 0.15) is 0 Å². The molecule has 0 heterocycles. The molecule has 0 atom stereocenters. The lowest BCUT2D eigenvalue weighted by Crippen LogP contribution is -2.47. The highest BCUT2D eigenvalue weighted by molar-refractivity contribution is 4.89. The highest BCUT2D eigenvalue weighted by Crippen LogP contribution is 2.33. The molecule has 0 radical (unpaired) electrons. The van der Waals surface area contributed by atoms with Crippen LogP contribution in [0.25, 0.3) is 0 Å². The third-order valence-corrected chi connectivity index (χ3v) is 9.86. The quantitative estimate of drug-likeness (QED) is 0.0778. The smallest absolute Gasteiger partial charge is 0.0148 e. The van der Waals surface area contributed by atoms with Gasteiger partial charge in [-0.25, -0.2) is 0 Å². The van der Waals surface area contributed by atoms with Gasteiger partial charge in [0.25, 0.3) is 0 Å². The van der Waals surface area contributed by atoms with Crippen LogP contribution in [0.4, 0.5) is 0 Å². The topological polar surface area (TPSA) is 38.0 Å². The molecule has 0 aromatic heterocycles. The van der Waals surface area contributed by atoms with E-state index in [9.17, 15) is 0 Å². The molecule has 40 heavy (non-hydrogen) atoms. The van der Waals surface area contributed by atoms with Crippen molar-refractivity contribution in [3.8, 4) is 0 Å². The number of unbranched alkanes of at least 4 members (excludes halogenated alkanes) is 26. The van der Waals surface area contributed by atoms with E-state index >= 15 is 0 Å². The second-order valence-electron chi connectivity index (χ2n) is 14.7. The van der Waals surface area contributed by atoms with Gasteiger partial charge in [0.15, 0.2) is 0 Å². The molecule has 0 bridgehead atoms. The van der Waals surface area contributed by atoms with Crippen LogP contribution in [0.3, 0.4) is 0 Å². The van der Waals surface area contributed by atoms with Gasteiger partial charge >= 0.3 is 0 Å². The summed E-state index contributed by atoms with van der Waals surface area (Å²) in [6.45, 7) is 13.6. The lowest BCUT2D eigenvalue weighted by molar-refractivity contribution is 0.180. The number of hydrogen-bond donors (Lipinski definition) is 2. The molecule has 0 spiro atoms. The molecule has 0 unspecified atom stereocenters. The van der Waals surface area contributed by atoms with Crippen molar-refractivity contribution < 1.29 is 0 Å². The van der Waals surface area contributed by atoms with Gasteiger partial charge in [-0.2, -0.15) is 0 Å². The fourth-order valence-electron chi connectivity index (χ4n) is 5.83. The SMILES string of the molecule is CCCCCCCCCCCCCCCCCCCCCCCCCCCCNCCCCC(C)(C)C(C)(C)N. The van der Waals surface area contributed by atoms with E-state index in [0.29, 0.717) is 0 Å². The van der Waals surface area contributed by atoms with Gasteiger partial charge in [-0.1, -0.05) is 188 Å². The minimum Gasteiger partial charge on any atom is -0.325 e. The summed E-state index contributed by atoms with van der Waals surface area (Å²) in [5, 5.41) is 3.65. The van der Waals surface area contributed by atoms with Crippen LogP contribution in [0.5, 0.6) is 0 Å². The molecule has 0 aliphatic carbocycles. The Morgan fingerprint density at radius 2 is 0.625 bits per heavy atom. The van der Waals surface area contributed by atoms with Gasteiger partial charge in [0.05, 0.1) is 0 Å². The maximum atomic E-state index is 6.31. The third-order valence-electron chi connectivity index (χ3n) is 9.86. The zero-order valence-corrected chi connectivity index (χ0v) is 29.0. The average Bonchev–Trinajstić information content (AvgIpc) is 2.91. The molecule has 0 fully saturated rings. The molecule has 0 aliphatic heterocycles. The first-order valence-electron chi connectivity index (χ1n) is 18.8. The summed E-state index contributed by atoms with van der Waals surface area (Å²) in [6.07, 6.45) is 41.8. The second kappa shape index (κ2) is 29.0. The maximum absolute atomic E-state index is 6.31. The summed E-state index contributed by atoms with van der Waals surface area (Å²) in [5.41, 5.74) is 6.44. The fraction of sp³-hybridized carbons (Fsp3) is 1.00. The molecule has 0 amide bonds. The van der Waals surface area contributed by atoms with Crippen molar-refractivity contribution in [1.29, 1.82) is 0 Å². The van der Waals surface area contributed by atoms with Crippen LogP contribution in [-0.2, 0) is 0 Å². The molecule has 3 N–H and O–H groups in total.